The fraction of sp³-hybridized carbons (Fsp3) is 0.500. The molecule has 17 heavy (non-hydrogen) atoms. The van der Waals surface area contributed by atoms with E-state index in [1.165, 1.54) is 12.2 Å². The molecule has 0 aromatic heterocycles. The molecule has 2 bridgehead atoms. The summed E-state index contributed by atoms with van der Waals surface area (Å²) in [6.45, 7) is 1.90. The van der Waals surface area contributed by atoms with Gasteiger partial charge in [0.25, 0.3) is 0 Å². The highest BCUT2D eigenvalue weighted by atomic mass is 35.5. The fourth-order valence-electron chi connectivity index (χ4n) is 3.00. The van der Waals surface area contributed by atoms with E-state index in [1.807, 2.05) is 6.92 Å². The average Bonchev–Trinajstić information content (AvgIpc) is 2.58. The number of allylic oxidation sites excluding steroid dienone is 1. The van der Waals surface area contributed by atoms with E-state index < -0.39 is 29.5 Å². The molecule has 2 aliphatic heterocycles. The van der Waals surface area contributed by atoms with Gasteiger partial charge in [0.05, 0.1) is 11.8 Å². The van der Waals surface area contributed by atoms with Crippen LogP contribution < -0.4 is 0 Å². The van der Waals surface area contributed by atoms with E-state index in [4.69, 9.17) is 16.3 Å². The van der Waals surface area contributed by atoms with Crippen LogP contribution in [0.1, 0.15) is 13.3 Å². The van der Waals surface area contributed by atoms with Crippen LogP contribution in [0.25, 0.3) is 0 Å². The number of rotatable bonds is 1. The first-order chi connectivity index (χ1) is 7.99. The van der Waals surface area contributed by atoms with Crippen molar-refractivity contribution in [2.24, 2.45) is 11.8 Å². The maximum atomic E-state index is 11.8. The van der Waals surface area contributed by atoms with E-state index in [0.29, 0.717) is 6.42 Å². The summed E-state index contributed by atoms with van der Waals surface area (Å²) >= 11 is 5.96. The van der Waals surface area contributed by atoms with Crippen LogP contribution in [0.2, 0.25) is 0 Å². The van der Waals surface area contributed by atoms with Gasteiger partial charge in [0, 0.05) is 5.03 Å². The molecule has 2 aliphatic carbocycles. The first-order valence-electron chi connectivity index (χ1n) is 5.55. The van der Waals surface area contributed by atoms with Crippen molar-refractivity contribution in [3.05, 3.63) is 22.8 Å². The molecule has 4 aliphatic rings. The monoisotopic (exact) mass is 254 g/mol. The molecule has 4 atom stereocenters. The lowest BCUT2D eigenvalue weighted by Crippen LogP contribution is -2.61. The SMILES string of the molecule is CCC1=C[C@@]2(O)C(=O)O[C@@H]1[C@@H]1C(=O)C=C(Cl)[C@@H]12. The van der Waals surface area contributed by atoms with Crippen LogP contribution in [-0.2, 0) is 14.3 Å². The first-order valence-corrected chi connectivity index (χ1v) is 5.93. The molecule has 0 saturated carbocycles. The van der Waals surface area contributed by atoms with Gasteiger partial charge in [0.2, 0.25) is 0 Å². The number of halogens is 1. The highest BCUT2D eigenvalue weighted by Crippen LogP contribution is 2.52. The van der Waals surface area contributed by atoms with E-state index in [1.54, 1.807) is 0 Å². The van der Waals surface area contributed by atoms with Gasteiger partial charge < -0.3 is 9.84 Å². The van der Waals surface area contributed by atoms with Gasteiger partial charge in [-0.2, -0.15) is 0 Å². The Labute approximate surface area is 103 Å². The summed E-state index contributed by atoms with van der Waals surface area (Å²) in [5, 5.41) is 10.7. The van der Waals surface area contributed by atoms with E-state index in [9.17, 15) is 14.7 Å². The minimum absolute atomic E-state index is 0.171. The van der Waals surface area contributed by atoms with Crippen LogP contribution in [0, 0.1) is 11.8 Å². The van der Waals surface area contributed by atoms with Crippen molar-refractivity contribution in [2.45, 2.75) is 25.0 Å². The molecule has 4 nitrogen and oxygen atoms in total. The molecule has 4 rings (SSSR count). The molecule has 2 heterocycles. The Kier molecular flexibility index (Phi) is 2.07. The van der Waals surface area contributed by atoms with E-state index >= 15 is 0 Å². The number of hydrogen-bond acceptors (Lipinski definition) is 4. The lowest BCUT2D eigenvalue weighted by molar-refractivity contribution is -0.191. The molecule has 0 aromatic rings. The van der Waals surface area contributed by atoms with Gasteiger partial charge >= 0.3 is 5.97 Å². The third kappa shape index (κ3) is 1.17. The summed E-state index contributed by atoms with van der Waals surface area (Å²) in [4.78, 5) is 23.5. The average molecular weight is 255 g/mol. The number of fused-ring (bicyclic) bond motifs is 1. The van der Waals surface area contributed by atoms with Crippen LogP contribution in [0.4, 0.5) is 0 Å². The topological polar surface area (TPSA) is 63.6 Å². The maximum absolute atomic E-state index is 11.8. The van der Waals surface area contributed by atoms with Crippen LogP contribution >= 0.6 is 11.6 Å². The number of esters is 1. The van der Waals surface area contributed by atoms with Crippen LogP contribution in [-0.4, -0.2) is 28.6 Å². The molecule has 1 saturated heterocycles. The van der Waals surface area contributed by atoms with E-state index in [-0.39, 0.29) is 10.8 Å². The normalized spacial score (nSPS) is 43.1. The fourth-order valence-corrected chi connectivity index (χ4v) is 3.41. The van der Waals surface area contributed by atoms with Gasteiger partial charge in [-0.15, -0.1) is 0 Å². The van der Waals surface area contributed by atoms with Crippen LogP contribution in [0.3, 0.4) is 0 Å². The Morgan fingerprint density at radius 3 is 2.88 bits per heavy atom. The largest absolute Gasteiger partial charge is 0.455 e. The van der Waals surface area contributed by atoms with Crippen molar-refractivity contribution in [3.8, 4) is 0 Å². The van der Waals surface area contributed by atoms with Crippen molar-refractivity contribution in [1.29, 1.82) is 0 Å². The molecule has 0 aromatic carbocycles. The van der Waals surface area contributed by atoms with Gasteiger partial charge in [0.1, 0.15) is 6.10 Å². The molecule has 1 N–H and O–H groups in total. The second-order valence-electron chi connectivity index (χ2n) is 4.66. The van der Waals surface area contributed by atoms with Gasteiger partial charge in [-0.1, -0.05) is 18.5 Å². The Morgan fingerprint density at radius 1 is 1.53 bits per heavy atom. The predicted octanol–water partition coefficient (Wildman–Crippen LogP) is 0.931. The third-order valence-electron chi connectivity index (χ3n) is 3.81. The highest BCUT2D eigenvalue weighted by molar-refractivity contribution is 6.33. The Morgan fingerprint density at radius 2 is 2.24 bits per heavy atom. The van der Waals surface area contributed by atoms with Gasteiger partial charge in [0.15, 0.2) is 11.4 Å². The van der Waals surface area contributed by atoms with Crippen molar-refractivity contribution in [3.63, 3.8) is 0 Å². The standard InChI is InChI=1S/C12H11ClO4/c1-2-5-4-12(16)9-6(13)3-7(14)8(9)10(5)17-11(12)15/h3-4,8-10,16H,2H2,1H3/t8-,9+,10+,12+/m1/s1. The van der Waals surface area contributed by atoms with E-state index in [0.717, 1.165) is 5.57 Å². The lowest BCUT2D eigenvalue weighted by Gasteiger charge is -2.47. The second-order valence-corrected chi connectivity index (χ2v) is 5.10. The molecule has 0 radical (unpaired) electrons. The number of carbonyl (C=O) groups is 2. The molecule has 1 fully saturated rings. The minimum atomic E-state index is -1.77. The number of ether oxygens (including phenoxy) is 1. The number of aliphatic hydroxyl groups is 1. The first kappa shape index (κ1) is 11.0. The van der Waals surface area contributed by atoms with Gasteiger partial charge in [-0.05, 0) is 24.1 Å². The third-order valence-corrected chi connectivity index (χ3v) is 4.15. The quantitative estimate of drug-likeness (QED) is 0.559. The smallest absolute Gasteiger partial charge is 0.343 e. The maximum Gasteiger partial charge on any atom is 0.343 e. The Hall–Kier alpha value is -1.13. The van der Waals surface area contributed by atoms with Crippen molar-refractivity contribution in [2.75, 3.05) is 0 Å². The summed E-state index contributed by atoms with van der Waals surface area (Å²) in [6.07, 6.45) is 2.88. The zero-order chi connectivity index (χ0) is 12.4. The van der Waals surface area contributed by atoms with Gasteiger partial charge in [-0.25, -0.2) is 4.79 Å². The van der Waals surface area contributed by atoms with Crippen LogP contribution in [0.5, 0.6) is 0 Å². The molecule has 0 unspecified atom stereocenters. The number of ketones is 1. The lowest BCUT2D eigenvalue weighted by atomic mass is 9.67. The second kappa shape index (κ2) is 3.21. The van der Waals surface area contributed by atoms with Crippen LogP contribution in [0.15, 0.2) is 22.8 Å². The summed E-state index contributed by atoms with van der Waals surface area (Å²) in [6, 6.07) is 0. The van der Waals surface area contributed by atoms with E-state index in [2.05, 4.69) is 0 Å². The highest BCUT2D eigenvalue weighted by Gasteiger charge is 2.64. The summed E-state index contributed by atoms with van der Waals surface area (Å²) in [7, 11) is 0. The Bertz CT molecular complexity index is 493. The predicted molar refractivity (Wildman–Crippen MR) is 59.1 cm³/mol. The molecule has 90 valence electrons. The number of hydrogen-bond donors (Lipinski definition) is 1. The van der Waals surface area contributed by atoms with Crippen molar-refractivity contribution in [1.82, 2.24) is 0 Å². The summed E-state index contributed by atoms with van der Waals surface area (Å²) in [5.74, 6) is -2.10. The molecule has 0 spiro atoms. The summed E-state index contributed by atoms with van der Waals surface area (Å²) < 4.78 is 5.15. The minimum Gasteiger partial charge on any atom is -0.455 e. The molecule has 5 heteroatoms. The van der Waals surface area contributed by atoms with Crippen molar-refractivity contribution < 1.29 is 19.4 Å². The zero-order valence-electron chi connectivity index (χ0n) is 9.14. The number of carbonyl (C=O) groups excluding carboxylic acids is 2. The molecule has 0 amide bonds. The van der Waals surface area contributed by atoms with Gasteiger partial charge in [-0.3, -0.25) is 4.79 Å². The zero-order valence-corrected chi connectivity index (χ0v) is 9.90. The molecular weight excluding hydrogens is 244 g/mol. The summed E-state index contributed by atoms with van der Waals surface area (Å²) in [5.41, 5.74) is -0.980. The molecular formula is C12H11ClO4. The van der Waals surface area contributed by atoms with Crippen molar-refractivity contribution >= 4 is 23.4 Å². The Balaban J connectivity index is 2.18.